The van der Waals surface area contributed by atoms with Crippen molar-refractivity contribution in [3.8, 4) is 16.8 Å². The van der Waals surface area contributed by atoms with Gasteiger partial charge in [-0.3, -0.25) is 0 Å². The molecule has 6 rings (SSSR count). The summed E-state index contributed by atoms with van der Waals surface area (Å²) in [6, 6.07) is 33.7. The molecule has 1 fully saturated rings. The molecule has 1 saturated heterocycles. The number of hydrogen-bond donors (Lipinski definition) is 3. The number of benzene rings is 4. The van der Waals surface area contributed by atoms with Crippen LogP contribution in [0, 0.1) is 0 Å². The molecule has 3 unspecified atom stereocenters. The van der Waals surface area contributed by atoms with Gasteiger partial charge in [-0.15, -0.1) is 5.10 Å². The Hall–Kier alpha value is -4.55. The second-order valence-electron chi connectivity index (χ2n) is 10.9. The standard InChI is InChI=1S/C35H36N6O4S/c1-2-36-34(43)37-21-28-8-6-7-11-31(28)25-16-18-27(19-17-25)33-44-30(20-32(45-33)26-14-12-24(22-42)13-15-26)23-46-35-38-39-40-41(35)29-9-4-3-5-10-29/h3-19,30,32-33,42H,2,20-23H2,1H3,(H2,36,37,43). The van der Waals surface area contributed by atoms with Gasteiger partial charge in [0.2, 0.25) is 5.16 Å². The smallest absolute Gasteiger partial charge is 0.315 e. The lowest BCUT2D eigenvalue weighted by Crippen LogP contribution is -2.34. The molecule has 1 aromatic heterocycles. The van der Waals surface area contributed by atoms with Gasteiger partial charge < -0.3 is 25.2 Å². The third kappa shape index (κ3) is 7.63. The molecule has 4 aromatic carbocycles. The molecular weight excluding hydrogens is 600 g/mol. The van der Waals surface area contributed by atoms with E-state index in [0.29, 0.717) is 30.4 Å². The average Bonchev–Trinajstić information content (AvgIpc) is 3.59. The highest BCUT2D eigenvalue weighted by molar-refractivity contribution is 7.99. The van der Waals surface area contributed by atoms with Gasteiger partial charge in [-0.2, -0.15) is 4.68 Å². The zero-order chi connectivity index (χ0) is 31.7. The fourth-order valence-corrected chi connectivity index (χ4v) is 6.27. The van der Waals surface area contributed by atoms with E-state index in [1.807, 2.05) is 91.9 Å². The second kappa shape index (κ2) is 15.2. The molecule has 1 aliphatic rings. The maximum atomic E-state index is 12.0. The monoisotopic (exact) mass is 636 g/mol. The molecule has 0 spiro atoms. The summed E-state index contributed by atoms with van der Waals surface area (Å²) in [6.45, 7) is 2.87. The number of rotatable bonds is 11. The number of amides is 2. The molecule has 2 heterocycles. The molecule has 11 heteroatoms. The summed E-state index contributed by atoms with van der Waals surface area (Å²) in [5, 5.41) is 28.3. The Balaban J connectivity index is 1.20. The van der Waals surface area contributed by atoms with Crippen LogP contribution in [-0.2, 0) is 22.6 Å². The van der Waals surface area contributed by atoms with Crippen LogP contribution >= 0.6 is 11.8 Å². The number of hydrogen-bond acceptors (Lipinski definition) is 8. The van der Waals surface area contributed by atoms with Crippen LogP contribution in [0.4, 0.5) is 4.79 Å². The number of para-hydroxylation sites is 1. The Morgan fingerprint density at radius 2 is 1.65 bits per heavy atom. The largest absolute Gasteiger partial charge is 0.392 e. The van der Waals surface area contributed by atoms with Crippen molar-refractivity contribution in [1.29, 1.82) is 0 Å². The molecule has 0 aliphatic carbocycles. The Kier molecular flexibility index (Phi) is 10.4. The fourth-order valence-electron chi connectivity index (χ4n) is 5.36. The Morgan fingerprint density at radius 1 is 0.913 bits per heavy atom. The minimum Gasteiger partial charge on any atom is -0.392 e. The van der Waals surface area contributed by atoms with Crippen LogP contribution in [0.5, 0.6) is 0 Å². The number of nitrogens with one attached hydrogen (secondary N) is 2. The van der Waals surface area contributed by atoms with Gasteiger partial charge in [0, 0.05) is 30.8 Å². The predicted octanol–water partition coefficient (Wildman–Crippen LogP) is 5.98. The fraction of sp³-hybridized carbons (Fsp3) is 0.257. The van der Waals surface area contributed by atoms with Crippen molar-refractivity contribution in [2.24, 2.45) is 0 Å². The van der Waals surface area contributed by atoms with Crippen molar-refractivity contribution in [2.75, 3.05) is 12.3 Å². The quantitative estimate of drug-likeness (QED) is 0.151. The molecule has 3 atom stereocenters. The number of ether oxygens (including phenoxy) is 2. The summed E-state index contributed by atoms with van der Waals surface area (Å²) < 4.78 is 14.8. The molecule has 2 amide bonds. The van der Waals surface area contributed by atoms with Gasteiger partial charge in [0.15, 0.2) is 6.29 Å². The predicted molar refractivity (Wildman–Crippen MR) is 176 cm³/mol. The number of urea groups is 1. The molecule has 10 nitrogen and oxygen atoms in total. The third-order valence-electron chi connectivity index (χ3n) is 7.74. The number of nitrogens with zero attached hydrogens (tertiary/aromatic N) is 4. The highest BCUT2D eigenvalue weighted by Gasteiger charge is 2.32. The summed E-state index contributed by atoms with van der Waals surface area (Å²) in [6.07, 6.45) is -0.287. The molecular formula is C35H36N6O4S. The summed E-state index contributed by atoms with van der Waals surface area (Å²) >= 11 is 1.55. The van der Waals surface area contributed by atoms with Crippen LogP contribution in [-0.4, -0.2) is 49.7 Å². The number of aliphatic hydroxyl groups excluding tert-OH is 1. The van der Waals surface area contributed by atoms with E-state index < -0.39 is 6.29 Å². The average molecular weight is 637 g/mol. The molecule has 3 N–H and O–H groups in total. The Labute approximate surface area is 272 Å². The molecule has 46 heavy (non-hydrogen) atoms. The zero-order valence-corrected chi connectivity index (χ0v) is 26.3. The van der Waals surface area contributed by atoms with Crippen LogP contribution < -0.4 is 10.6 Å². The third-order valence-corrected chi connectivity index (χ3v) is 8.79. The summed E-state index contributed by atoms with van der Waals surface area (Å²) in [4.78, 5) is 12.0. The minimum absolute atomic E-state index is 0.00951. The molecule has 1 aliphatic heterocycles. The van der Waals surface area contributed by atoms with E-state index in [1.54, 1.807) is 16.4 Å². The van der Waals surface area contributed by atoms with Gasteiger partial charge in [-0.05, 0) is 57.3 Å². The second-order valence-corrected chi connectivity index (χ2v) is 11.8. The Morgan fingerprint density at radius 3 is 2.41 bits per heavy atom. The van der Waals surface area contributed by atoms with E-state index in [9.17, 15) is 9.90 Å². The highest BCUT2D eigenvalue weighted by atomic mass is 32.2. The first-order valence-electron chi connectivity index (χ1n) is 15.3. The lowest BCUT2D eigenvalue weighted by atomic mass is 9.98. The number of carbonyl (C=O) groups excluding carboxylic acids is 1. The van der Waals surface area contributed by atoms with Crippen LogP contribution in [0.25, 0.3) is 16.8 Å². The number of carbonyl (C=O) groups is 1. The maximum absolute atomic E-state index is 12.0. The lowest BCUT2D eigenvalue weighted by Gasteiger charge is -2.36. The molecule has 5 aromatic rings. The van der Waals surface area contributed by atoms with Crippen molar-refractivity contribution in [1.82, 2.24) is 30.8 Å². The van der Waals surface area contributed by atoms with Gasteiger partial charge in [-0.25, -0.2) is 4.79 Å². The van der Waals surface area contributed by atoms with Gasteiger partial charge in [-0.1, -0.05) is 103 Å². The van der Waals surface area contributed by atoms with Gasteiger partial charge >= 0.3 is 6.03 Å². The number of thioether (sulfide) groups is 1. The first kappa shape index (κ1) is 31.4. The normalized spacial score (nSPS) is 17.8. The topological polar surface area (TPSA) is 123 Å². The first-order chi connectivity index (χ1) is 22.6. The van der Waals surface area contributed by atoms with Crippen molar-refractivity contribution in [3.63, 3.8) is 0 Å². The molecule has 0 saturated carbocycles. The highest BCUT2D eigenvalue weighted by Crippen LogP contribution is 2.40. The maximum Gasteiger partial charge on any atom is 0.315 e. The van der Waals surface area contributed by atoms with Crippen LogP contribution in [0.2, 0.25) is 0 Å². The molecule has 0 radical (unpaired) electrons. The van der Waals surface area contributed by atoms with Gasteiger partial charge in [0.1, 0.15) is 0 Å². The lowest BCUT2D eigenvalue weighted by molar-refractivity contribution is -0.245. The van der Waals surface area contributed by atoms with Crippen molar-refractivity contribution < 1.29 is 19.4 Å². The van der Waals surface area contributed by atoms with E-state index in [1.165, 1.54) is 0 Å². The van der Waals surface area contributed by atoms with Crippen molar-refractivity contribution in [3.05, 3.63) is 125 Å². The summed E-state index contributed by atoms with van der Waals surface area (Å²) in [5.74, 6) is 0.627. The van der Waals surface area contributed by atoms with Gasteiger partial charge in [0.05, 0.1) is 24.5 Å². The van der Waals surface area contributed by atoms with E-state index in [2.05, 4.69) is 44.4 Å². The number of tetrazole rings is 1. The van der Waals surface area contributed by atoms with Crippen molar-refractivity contribution in [2.45, 2.75) is 50.2 Å². The SMILES string of the molecule is CCNC(=O)NCc1ccccc1-c1ccc(C2OC(CSc3nnnn3-c3ccccc3)CC(c3ccc(CO)cc3)O2)cc1. The van der Waals surface area contributed by atoms with Crippen molar-refractivity contribution >= 4 is 17.8 Å². The van der Waals surface area contributed by atoms with Gasteiger partial charge in [0.25, 0.3) is 0 Å². The van der Waals surface area contributed by atoms with E-state index >= 15 is 0 Å². The first-order valence-corrected chi connectivity index (χ1v) is 16.3. The minimum atomic E-state index is -0.587. The van der Waals surface area contributed by atoms with E-state index in [4.69, 9.17) is 9.47 Å². The number of aromatic nitrogens is 4. The van der Waals surface area contributed by atoms with E-state index in [0.717, 1.165) is 39.1 Å². The van der Waals surface area contributed by atoms with Crippen LogP contribution in [0.3, 0.4) is 0 Å². The molecule has 0 bridgehead atoms. The summed E-state index contributed by atoms with van der Waals surface area (Å²) in [7, 11) is 0. The zero-order valence-electron chi connectivity index (χ0n) is 25.5. The van der Waals surface area contributed by atoms with Crippen LogP contribution in [0.1, 0.15) is 48.0 Å². The molecule has 236 valence electrons. The van der Waals surface area contributed by atoms with Crippen LogP contribution in [0.15, 0.2) is 108 Å². The van der Waals surface area contributed by atoms with E-state index in [-0.39, 0.29) is 24.8 Å². The summed E-state index contributed by atoms with van der Waals surface area (Å²) in [5.41, 5.74) is 6.77. The number of aliphatic hydroxyl groups is 1. The Bertz CT molecular complexity index is 1720.